The van der Waals surface area contributed by atoms with Crippen LogP contribution in [0.1, 0.15) is 23.7 Å². The van der Waals surface area contributed by atoms with Gasteiger partial charge in [0.2, 0.25) is 0 Å². The Morgan fingerprint density at radius 3 is 2.82 bits per heavy atom. The monoisotopic (exact) mass is 233 g/mol. The lowest BCUT2D eigenvalue weighted by molar-refractivity contribution is 0.0699. The molecule has 0 saturated heterocycles. The van der Waals surface area contributed by atoms with E-state index in [1.165, 1.54) is 0 Å². The van der Waals surface area contributed by atoms with Gasteiger partial charge in [-0.25, -0.2) is 4.79 Å². The fraction of sp³-hybridized carbons (Fsp3) is 0.308. The van der Waals surface area contributed by atoms with Gasteiger partial charge in [-0.2, -0.15) is 0 Å². The van der Waals surface area contributed by atoms with Gasteiger partial charge in [0.15, 0.2) is 0 Å². The van der Waals surface area contributed by atoms with Gasteiger partial charge in [0.05, 0.1) is 12.7 Å². The number of benzene rings is 1. The quantitative estimate of drug-likeness (QED) is 0.883. The molecule has 0 atom stereocenters. The lowest BCUT2D eigenvalue weighted by atomic mass is 10.1. The van der Waals surface area contributed by atoms with Crippen LogP contribution >= 0.6 is 0 Å². The van der Waals surface area contributed by atoms with Gasteiger partial charge in [0.25, 0.3) is 0 Å². The first-order valence-corrected chi connectivity index (χ1v) is 5.57. The van der Waals surface area contributed by atoms with Gasteiger partial charge >= 0.3 is 5.97 Å². The second-order valence-electron chi connectivity index (χ2n) is 3.92. The molecule has 1 aromatic heterocycles. The van der Waals surface area contributed by atoms with Crippen LogP contribution in [0.3, 0.4) is 0 Å². The van der Waals surface area contributed by atoms with Crippen molar-refractivity contribution in [1.82, 2.24) is 4.57 Å². The molecule has 4 heteroatoms. The van der Waals surface area contributed by atoms with E-state index in [-0.39, 0.29) is 0 Å². The first-order chi connectivity index (χ1) is 8.17. The number of hydrogen-bond acceptors (Lipinski definition) is 2. The number of aryl methyl sites for hydroxylation is 1. The minimum atomic E-state index is -0.905. The van der Waals surface area contributed by atoms with Gasteiger partial charge in [-0.15, -0.1) is 0 Å². The molecule has 1 N–H and O–H groups in total. The van der Waals surface area contributed by atoms with Crippen LogP contribution in [-0.4, -0.2) is 22.8 Å². The highest BCUT2D eigenvalue weighted by atomic mass is 16.5. The fourth-order valence-electron chi connectivity index (χ4n) is 2.00. The van der Waals surface area contributed by atoms with Crippen LogP contribution < -0.4 is 4.74 Å². The third kappa shape index (κ3) is 1.98. The molecule has 1 heterocycles. The van der Waals surface area contributed by atoms with E-state index in [1.54, 1.807) is 19.4 Å². The Hall–Kier alpha value is -1.97. The zero-order valence-electron chi connectivity index (χ0n) is 9.93. The summed E-state index contributed by atoms with van der Waals surface area (Å²) in [5, 5.41) is 9.90. The van der Waals surface area contributed by atoms with Crippen molar-refractivity contribution in [2.75, 3.05) is 7.11 Å². The molecule has 17 heavy (non-hydrogen) atoms. The molecular formula is C13H15NO3. The number of nitrogens with zero attached hydrogens (tertiary/aromatic N) is 1. The average molecular weight is 233 g/mol. The molecule has 2 rings (SSSR count). The molecule has 0 aliphatic carbocycles. The van der Waals surface area contributed by atoms with E-state index in [0.717, 1.165) is 23.9 Å². The molecule has 0 aliphatic heterocycles. The van der Waals surface area contributed by atoms with Crippen molar-refractivity contribution >= 4 is 16.9 Å². The van der Waals surface area contributed by atoms with Gasteiger partial charge < -0.3 is 14.4 Å². The van der Waals surface area contributed by atoms with Crippen molar-refractivity contribution in [3.05, 3.63) is 30.0 Å². The number of aromatic nitrogens is 1. The molecule has 0 saturated carbocycles. The maximum atomic E-state index is 11.2. The predicted octanol–water partition coefficient (Wildman–Crippen LogP) is 2.76. The zero-order valence-corrected chi connectivity index (χ0v) is 9.93. The number of hydrogen-bond donors (Lipinski definition) is 1. The molecule has 90 valence electrons. The van der Waals surface area contributed by atoms with Crippen LogP contribution in [0.15, 0.2) is 24.4 Å². The lowest BCUT2D eigenvalue weighted by Gasteiger charge is -2.03. The maximum absolute atomic E-state index is 11.2. The predicted molar refractivity (Wildman–Crippen MR) is 65.7 cm³/mol. The largest absolute Gasteiger partial charge is 0.497 e. The molecule has 1 aromatic carbocycles. The van der Waals surface area contributed by atoms with Crippen LogP contribution in [0.25, 0.3) is 10.9 Å². The van der Waals surface area contributed by atoms with Gasteiger partial charge in [0, 0.05) is 23.6 Å². The van der Waals surface area contributed by atoms with Crippen molar-refractivity contribution < 1.29 is 14.6 Å². The molecule has 0 amide bonds. The van der Waals surface area contributed by atoms with Gasteiger partial charge in [-0.3, -0.25) is 0 Å². The van der Waals surface area contributed by atoms with E-state index in [2.05, 4.69) is 6.92 Å². The normalized spacial score (nSPS) is 10.7. The molecule has 0 radical (unpaired) electrons. The van der Waals surface area contributed by atoms with Crippen molar-refractivity contribution in [3.8, 4) is 5.75 Å². The molecular weight excluding hydrogens is 218 g/mol. The van der Waals surface area contributed by atoms with Crippen LogP contribution in [-0.2, 0) is 6.54 Å². The number of carbonyl (C=O) groups is 1. The number of aromatic carboxylic acids is 1. The Morgan fingerprint density at radius 2 is 2.24 bits per heavy atom. The molecule has 0 bridgehead atoms. The van der Waals surface area contributed by atoms with Crippen LogP contribution in [0, 0.1) is 0 Å². The summed E-state index contributed by atoms with van der Waals surface area (Å²) in [5.74, 6) is -0.229. The summed E-state index contributed by atoms with van der Waals surface area (Å²) in [5.41, 5.74) is 1.26. The minimum Gasteiger partial charge on any atom is -0.497 e. The summed E-state index contributed by atoms with van der Waals surface area (Å²) in [6, 6.07) is 5.52. The summed E-state index contributed by atoms with van der Waals surface area (Å²) < 4.78 is 7.09. The molecule has 2 aromatic rings. The van der Waals surface area contributed by atoms with Gasteiger partial charge in [-0.1, -0.05) is 6.92 Å². The molecule has 0 fully saturated rings. The second-order valence-corrected chi connectivity index (χ2v) is 3.92. The Kier molecular flexibility index (Phi) is 3.04. The molecule has 4 nitrogen and oxygen atoms in total. The van der Waals surface area contributed by atoms with Crippen molar-refractivity contribution in [2.45, 2.75) is 19.9 Å². The van der Waals surface area contributed by atoms with Crippen molar-refractivity contribution in [2.24, 2.45) is 0 Å². The van der Waals surface area contributed by atoms with Crippen molar-refractivity contribution in [1.29, 1.82) is 0 Å². The second kappa shape index (κ2) is 4.49. The molecule has 0 aliphatic rings. The number of methoxy groups -OCH3 is 1. The summed E-state index contributed by atoms with van der Waals surface area (Å²) in [4.78, 5) is 11.2. The van der Waals surface area contributed by atoms with E-state index in [9.17, 15) is 9.90 Å². The van der Waals surface area contributed by atoms with Gasteiger partial charge in [0.1, 0.15) is 5.75 Å². The summed E-state index contributed by atoms with van der Waals surface area (Å²) in [6.07, 6.45) is 2.66. The maximum Gasteiger partial charge on any atom is 0.337 e. The highest BCUT2D eigenvalue weighted by Crippen LogP contribution is 2.26. The Balaban J connectivity index is 2.67. The Labute approximate surface area is 99.4 Å². The number of ether oxygens (including phenoxy) is 1. The number of carboxylic acid groups (broad SMARTS) is 1. The van der Waals surface area contributed by atoms with E-state index >= 15 is 0 Å². The lowest BCUT2D eigenvalue weighted by Crippen LogP contribution is -1.96. The molecule has 0 spiro atoms. The highest BCUT2D eigenvalue weighted by Gasteiger charge is 2.14. The smallest absolute Gasteiger partial charge is 0.337 e. The summed E-state index contributed by atoms with van der Waals surface area (Å²) in [6.45, 7) is 2.88. The fourth-order valence-corrected chi connectivity index (χ4v) is 2.00. The van der Waals surface area contributed by atoms with Crippen molar-refractivity contribution in [3.63, 3.8) is 0 Å². The highest BCUT2D eigenvalue weighted by molar-refractivity contribution is 6.03. The third-order valence-corrected chi connectivity index (χ3v) is 2.78. The standard InChI is InChI=1S/C13H15NO3/c1-3-6-14-8-11(13(15)16)10-7-9(17-2)4-5-12(10)14/h4-5,7-8H,3,6H2,1-2H3,(H,15,16). The third-order valence-electron chi connectivity index (χ3n) is 2.78. The number of carboxylic acids is 1. The zero-order chi connectivity index (χ0) is 12.4. The molecule has 0 unspecified atom stereocenters. The summed E-state index contributed by atoms with van der Waals surface area (Å²) in [7, 11) is 1.57. The topological polar surface area (TPSA) is 51.5 Å². The van der Waals surface area contributed by atoms with E-state index in [0.29, 0.717) is 11.3 Å². The number of fused-ring (bicyclic) bond motifs is 1. The van der Waals surface area contributed by atoms with Gasteiger partial charge in [-0.05, 0) is 24.6 Å². The van der Waals surface area contributed by atoms with Crippen LogP contribution in [0.5, 0.6) is 5.75 Å². The van der Waals surface area contributed by atoms with E-state index in [1.807, 2.05) is 16.7 Å². The van der Waals surface area contributed by atoms with Crippen LogP contribution in [0.4, 0.5) is 0 Å². The first-order valence-electron chi connectivity index (χ1n) is 5.57. The Morgan fingerprint density at radius 1 is 1.47 bits per heavy atom. The minimum absolute atomic E-state index is 0.326. The van der Waals surface area contributed by atoms with E-state index in [4.69, 9.17) is 4.74 Å². The Bertz CT molecular complexity index is 557. The SMILES string of the molecule is CCCn1cc(C(=O)O)c2cc(OC)ccc21. The number of rotatable bonds is 4. The first kappa shape index (κ1) is 11.5. The van der Waals surface area contributed by atoms with E-state index < -0.39 is 5.97 Å². The van der Waals surface area contributed by atoms with Crippen LogP contribution in [0.2, 0.25) is 0 Å². The average Bonchev–Trinajstić information content (AvgIpc) is 2.68. The summed E-state index contributed by atoms with van der Waals surface area (Å²) >= 11 is 0.